The zero-order valence-electron chi connectivity index (χ0n) is 11.2. The minimum absolute atomic E-state index is 0.273. The number of hydrogen-bond acceptors (Lipinski definition) is 3. The zero-order chi connectivity index (χ0) is 15.6. The molecule has 0 aliphatic heterocycles. The number of nitrogens with two attached hydrogens (primary N) is 1. The van der Waals surface area contributed by atoms with Gasteiger partial charge in [-0.3, -0.25) is 4.79 Å². The lowest BCUT2D eigenvalue weighted by atomic mass is 10.1. The van der Waals surface area contributed by atoms with E-state index in [0.717, 1.165) is 0 Å². The zero-order valence-corrected chi connectivity index (χ0v) is 11.2. The predicted molar refractivity (Wildman–Crippen MR) is 74.6 cm³/mol. The fraction of sp³-hybridized carbons (Fsp3) is 0.133. The highest BCUT2D eigenvalue weighted by molar-refractivity contribution is 5.80. The van der Waals surface area contributed by atoms with Crippen molar-refractivity contribution in [3.05, 3.63) is 58.9 Å². The molecule has 21 heavy (non-hydrogen) atoms. The summed E-state index contributed by atoms with van der Waals surface area (Å²) < 4.78 is 40.3. The normalized spacial score (nSPS) is 12.0. The minimum atomic E-state index is -0.976. The third kappa shape index (κ3) is 3.16. The second-order valence-corrected chi connectivity index (χ2v) is 4.61. The van der Waals surface area contributed by atoms with E-state index < -0.39 is 23.5 Å². The Morgan fingerprint density at radius 3 is 2.29 bits per heavy atom. The number of benzene rings is 2. The molecule has 0 fully saturated rings. The topological polar surface area (TPSA) is 55.1 Å². The predicted octanol–water partition coefficient (Wildman–Crippen LogP) is 3.67. The largest absolute Gasteiger partial charge is 0.397 e. The third-order valence-corrected chi connectivity index (χ3v) is 3.06. The van der Waals surface area contributed by atoms with E-state index in [4.69, 9.17) is 5.73 Å². The van der Waals surface area contributed by atoms with Crippen molar-refractivity contribution in [2.24, 2.45) is 0 Å². The van der Waals surface area contributed by atoms with Crippen LogP contribution in [-0.4, -0.2) is 6.29 Å². The summed E-state index contributed by atoms with van der Waals surface area (Å²) in [5.41, 5.74) is 6.57. The van der Waals surface area contributed by atoms with E-state index >= 15 is 0 Å². The Kier molecular flexibility index (Phi) is 4.16. The lowest BCUT2D eigenvalue weighted by molar-refractivity contribution is 0.112. The first-order chi connectivity index (χ1) is 9.92. The van der Waals surface area contributed by atoms with Crippen molar-refractivity contribution in [1.29, 1.82) is 0 Å². The summed E-state index contributed by atoms with van der Waals surface area (Å²) in [6.45, 7) is 1.52. The molecule has 0 saturated carbocycles. The molecule has 110 valence electrons. The summed E-state index contributed by atoms with van der Waals surface area (Å²) in [4.78, 5) is 10.6. The average molecular weight is 294 g/mol. The molecule has 0 bridgehead atoms. The van der Waals surface area contributed by atoms with Crippen molar-refractivity contribution in [3.63, 3.8) is 0 Å². The molecule has 2 aromatic carbocycles. The first-order valence-electron chi connectivity index (χ1n) is 6.18. The lowest BCUT2D eigenvalue weighted by Crippen LogP contribution is -2.12. The maximum atomic E-state index is 13.7. The van der Waals surface area contributed by atoms with Gasteiger partial charge in [0.2, 0.25) is 0 Å². The van der Waals surface area contributed by atoms with Gasteiger partial charge in [0.25, 0.3) is 0 Å². The summed E-state index contributed by atoms with van der Waals surface area (Å²) >= 11 is 0. The first kappa shape index (κ1) is 14.9. The Balaban J connectivity index is 2.30. The van der Waals surface area contributed by atoms with Gasteiger partial charge in [0.05, 0.1) is 17.4 Å². The molecular weight excluding hydrogens is 281 g/mol. The van der Waals surface area contributed by atoms with Crippen LogP contribution in [0.4, 0.5) is 24.5 Å². The van der Waals surface area contributed by atoms with Crippen LogP contribution >= 0.6 is 0 Å². The molecule has 0 radical (unpaired) electrons. The highest BCUT2D eigenvalue weighted by Gasteiger charge is 2.18. The maximum absolute atomic E-state index is 13.7. The van der Waals surface area contributed by atoms with Gasteiger partial charge in [0.15, 0.2) is 0 Å². The quantitative estimate of drug-likeness (QED) is 0.668. The highest BCUT2D eigenvalue weighted by Crippen LogP contribution is 2.28. The van der Waals surface area contributed by atoms with Gasteiger partial charge in [-0.1, -0.05) is 0 Å². The van der Waals surface area contributed by atoms with Gasteiger partial charge in [-0.05, 0) is 25.1 Å². The summed E-state index contributed by atoms with van der Waals surface area (Å²) in [6, 6.07) is 4.98. The Morgan fingerprint density at radius 2 is 1.76 bits per heavy atom. The van der Waals surface area contributed by atoms with E-state index in [0.29, 0.717) is 29.7 Å². The van der Waals surface area contributed by atoms with E-state index in [2.05, 4.69) is 5.32 Å². The monoisotopic (exact) mass is 294 g/mol. The van der Waals surface area contributed by atoms with Crippen LogP contribution in [0.1, 0.15) is 28.9 Å². The van der Waals surface area contributed by atoms with Gasteiger partial charge in [0, 0.05) is 23.3 Å². The van der Waals surface area contributed by atoms with Crippen molar-refractivity contribution in [3.8, 4) is 0 Å². The Bertz CT molecular complexity index is 666. The lowest BCUT2D eigenvalue weighted by Gasteiger charge is -2.18. The Morgan fingerprint density at radius 1 is 1.14 bits per heavy atom. The molecule has 2 rings (SSSR count). The van der Waals surface area contributed by atoms with Crippen molar-refractivity contribution < 1.29 is 18.0 Å². The second kappa shape index (κ2) is 5.87. The molecular formula is C15H13F3N2O. The number of carbonyl (C=O) groups is 1. The van der Waals surface area contributed by atoms with Crippen LogP contribution in [0.3, 0.4) is 0 Å². The molecule has 0 aliphatic rings. The van der Waals surface area contributed by atoms with Gasteiger partial charge in [-0.15, -0.1) is 0 Å². The van der Waals surface area contributed by atoms with Crippen molar-refractivity contribution in [2.45, 2.75) is 13.0 Å². The number of hydrogen-bond donors (Lipinski definition) is 2. The highest BCUT2D eigenvalue weighted by atomic mass is 19.1. The molecule has 0 unspecified atom stereocenters. The molecule has 1 atom stereocenters. The third-order valence-electron chi connectivity index (χ3n) is 3.06. The smallest absolute Gasteiger partial charge is 0.150 e. The molecule has 0 spiro atoms. The number of nitrogen functional groups attached to an aromatic ring is 1. The molecule has 2 aromatic rings. The van der Waals surface area contributed by atoms with Crippen LogP contribution in [0.2, 0.25) is 0 Å². The standard InChI is InChI=1S/C15H13F3N2O/c1-8(15-11(17)5-10(16)6-12(15)18)20-14-3-2-9(7-21)4-13(14)19/h2-8,20H,19H2,1H3/t8-/m1/s1. The number of aldehydes is 1. The van der Waals surface area contributed by atoms with Crippen molar-refractivity contribution in [2.75, 3.05) is 11.1 Å². The molecule has 3 nitrogen and oxygen atoms in total. The van der Waals surface area contributed by atoms with E-state index in [9.17, 15) is 18.0 Å². The minimum Gasteiger partial charge on any atom is -0.397 e. The van der Waals surface area contributed by atoms with Crippen LogP contribution in [0.5, 0.6) is 0 Å². The van der Waals surface area contributed by atoms with Gasteiger partial charge in [-0.2, -0.15) is 0 Å². The number of rotatable bonds is 4. The summed E-state index contributed by atoms with van der Waals surface area (Å²) in [5, 5.41) is 2.84. The molecule has 0 aliphatic carbocycles. The van der Waals surface area contributed by atoms with E-state index in [1.54, 1.807) is 0 Å². The molecule has 0 heterocycles. The van der Waals surface area contributed by atoms with E-state index in [1.807, 2.05) is 0 Å². The summed E-state index contributed by atoms with van der Waals surface area (Å²) in [5.74, 6) is -2.93. The Hall–Kier alpha value is -2.50. The molecule has 6 heteroatoms. The maximum Gasteiger partial charge on any atom is 0.150 e. The van der Waals surface area contributed by atoms with E-state index in [-0.39, 0.29) is 11.3 Å². The van der Waals surface area contributed by atoms with Gasteiger partial charge >= 0.3 is 0 Å². The molecule has 0 amide bonds. The van der Waals surface area contributed by atoms with Crippen LogP contribution in [0.25, 0.3) is 0 Å². The van der Waals surface area contributed by atoms with Crippen LogP contribution < -0.4 is 11.1 Å². The Labute approximate surface area is 119 Å². The average Bonchev–Trinajstić information content (AvgIpc) is 2.39. The molecule has 3 N–H and O–H groups in total. The van der Waals surface area contributed by atoms with Gasteiger partial charge in [0.1, 0.15) is 23.7 Å². The summed E-state index contributed by atoms with van der Waals surface area (Å²) in [6.07, 6.45) is 0.642. The van der Waals surface area contributed by atoms with Gasteiger partial charge in [-0.25, -0.2) is 13.2 Å². The van der Waals surface area contributed by atoms with Crippen LogP contribution in [0.15, 0.2) is 30.3 Å². The fourth-order valence-corrected chi connectivity index (χ4v) is 2.06. The first-order valence-corrected chi connectivity index (χ1v) is 6.18. The number of carbonyl (C=O) groups excluding carboxylic acids is 1. The second-order valence-electron chi connectivity index (χ2n) is 4.61. The number of anilines is 2. The number of nitrogens with one attached hydrogen (secondary N) is 1. The van der Waals surface area contributed by atoms with Crippen molar-refractivity contribution in [1.82, 2.24) is 0 Å². The molecule has 0 aromatic heterocycles. The SMILES string of the molecule is C[C@@H](Nc1ccc(C=O)cc1N)c1c(F)cc(F)cc1F. The van der Waals surface area contributed by atoms with Crippen LogP contribution in [-0.2, 0) is 0 Å². The number of halogens is 3. The van der Waals surface area contributed by atoms with E-state index in [1.165, 1.54) is 25.1 Å². The fourth-order valence-electron chi connectivity index (χ4n) is 2.06. The summed E-state index contributed by atoms with van der Waals surface area (Å²) in [7, 11) is 0. The molecule has 0 saturated heterocycles. The van der Waals surface area contributed by atoms with Crippen molar-refractivity contribution >= 4 is 17.7 Å². The van der Waals surface area contributed by atoms with Gasteiger partial charge < -0.3 is 11.1 Å². The van der Waals surface area contributed by atoms with Crippen LogP contribution in [0, 0.1) is 17.5 Å².